The number of amides is 2. The molecule has 8 aromatic heterocycles. The normalized spacial score (nSPS) is 12.7. The van der Waals surface area contributed by atoms with Crippen molar-refractivity contribution in [3.8, 4) is 33.8 Å². The molecule has 1 saturated carbocycles. The number of aromatic carboxylic acids is 1. The number of benzene rings is 4. The van der Waals surface area contributed by atoms with E-state index in [9.17, 15) is 29.1 Å². The average Bonchev–Trinajstić information content (AvgIpc) is 1.82. The number of hydrogen-bond acceptors (Lipinski definition) is 33. The summed E-state index contributed by atoms with van der Waals surface area (Å²) >= 11 is 12.3. The molecule has 13 rings (SSSR count). The van der Waals surface area contributed by atoms with Crippen molar-refractivity contribution in [1.82, 2.24) is 65.1 Å². The molecule has 0 radical (unpaired) electrons. The van der Waals surface area contributed by atoms with Crippen LogP contribution < -0.4 is 40.9 Å². The van der Waals surface area contributed by atoms with Crippen molar-refractivity contribution >= 4 is 212 Å². The van der Waals surface area contributed by atoms with E-state index in [1.807, 2.05) is 170 Å². The zero-order chi connectivity index (χ0) is 90.1. The minimum atomic E-state index is -2.08. The third-order valence-corrected chi connectivity index (χ3v) is 42.2. The number of carbonyl (C=O) groups excluding carboxylic acids is 4. The molecule has 10 N–H and O–H groups in total. The van der Waals surface area contributed by atoms with Crippen LogP contribution in [0.3, 0.4) is 0 Å². The minimum absolute atomic E-state index is 0.0295. The number of unbranched alkanes of at least 4 members (excludes halogenated alkanes) is 3. The second-order valence-electron chi connectivity index (χ2n) is 28.6. The number of primary amides is 1. The maximum absolute atomic E-state index is 12.2. The molecule has 662 valence electrons. The van der Waals surface area contributed by atoms with Crippen molar-refractivity contribution in [3.05, 3.63) is 192 Å². The van der Waals surface area contributed by atoms with Crippen molar-refractivity contribution in [2.24, 2.45) is 11.5 Å². The zero-order valence-corrected chi connectivity index (χ0v) is 83.3. The van der Waals surface area contributed by atoms with Gasteiger partial charge in [-0.25, -0.2) is 74.0 Å². The summed E-state index contributed by atoms with van der Waals surface area (Å²) in [5.74, 6) is -0.985. The number of carboxylic acid groups (broad SMARTS) is 1. The van der Waals surface area contributed by atoms with Crippen molar-refractivity contribution < 1.29 is 43.3 Å². The van der Waals surface area contributed by atoms with E-state index in [1.54, 1.807) is 57.9 Å². The van der Waals surface area contributed by atoms with Crippen LogP contribution in [0.5, 0.6) is 0 Å². The molecule has 1 aliphatic rings. The van der Waals surface area contributed by atoms with Crippen molar-refractivity contribution in [2.75, 3.05) is 59.5 Å². The molecular formula is C87H106IN19O9S8Sn. The van der Waals surface area contributed by atoms with Gasteiger partial charge in [0.2, 0.25) is 0 Å². The summed E-state index contributed by atoms with van der Waals surface area (Å²) in [5.41, 5.74) is 28.0. The van der Waals surface area contributed by atoms with Gasteiger partial charge >= 0.3 is 146 Å². The summed E-state index contributed by atoms with van der Waals surface area (Å²) in [4.78, 5) is 109. The van der Waals surface area contributed by atoms with E-state index >= 15 is 0 Å². The van der Waals surface area contributed by atoms with Crippen LogP contribution in [0.2, 0.25) is 13.3 Å². The van der Waals surface area contributed by atoms with Gasteiger partial charge in [-0.1, -0.05) is 102 Å². The predicted molar refractivity (Wildman–Crippen MR) is 524 cm³/mol. The number of anilines is 8. The molecule has 12 aromatic rings. The second kappa shape index (κ2) is 53.6. The quantitative estimate of drug-likeness (QED) is 0.00485. The number of halogens is 1. The standard InChI is InChI=1S/C17H16N4O2S2.C15H13N5OS2.C15H12N4O2S2.C14H14IN3O2S.C11H22N2O2.3C4H9.C3H2NS.Sn/c1-3-23-16(22)13-8-18-17(24-2)21-15(13)20-12-6-4-5-11(7-12)14-9-25-10-19-14;1-22-15-17-6-11(13(16)21)14(20-15)19-10-4-2-3-9(5-10)12-7-23-8-18-12;1-22-15-16-6-11(14(20)21)13(19-15)18-10-4-2-3-9(5-10)12-7-23-8-17-12;1-3-20-13(19)11-8-16-14(21-2)18-12(11)17-10-6-4-5-9(15)7-10;1-11(2,3)15-10(14)13-9-7-5-4-6-8(9)12;3*1-3-4-2;1-2-5-3-4-1;/h4-10H,3H2,1-2H3,(H,18,20,21);2-8H,1H3,(H2,16,21)(H,17,19,20);2-8H,1H3,(H,20,21)(H,16,18,19);4-8H,3H2,1-2H3,(H,16,17,18);8-9H,4-7,12H2,1-3H3,(H,13,14);3*1,3-4H2,2H3;1,3H;/t;;;;8-,9+;;;;;/m....1...../s1. The van der Waals surface area contributed by atoms with Gasteiger partial charge in [0.05, 0.1) is 46.8 Å². The van der Waals surface area contributed by atoms with E-state index in [-0.39, 0.29) is 35.1 Å². The molecule has 2 amide bonds. The van der Waals surface area contributed by atoms with Crippen LogP contribution in [0.4, 0.5) is 50.8 Å². The first-order chi connectivity index (χ1) is 60.3. The molecule has 0 unspecified atom stereocenters. The first-order valence-electron chi connectivity index (χ1n) is 40.3. The Kier molecular flexibility index (Phi) is 43.4. The molecule has 28 nitrogen and oxygen atoms in total. The molecular weight excluding hydrogens is 1960 g/mol. The summed E-state index contributed by atoms with van der Waals surface area (Å²) < 4.78 is 22.8. The first kappa shape index (κ1) is 101. The summed E-state index contributed by atoms with van der Waals surface area (Å²) in [7, 11) is 0. The fourth-order valence-electron chi connectivity index (χ4n) is 12.3. The average molecular weight is 2060 g/mol. The first-order valence-corrected chi connectivity index (χ1v) is 57.5. The number of nitrogens with zero attached hydrogens (tertiary/aromatic N) is 12. The number of nitrogens with two attached hydrogens (primary N) is 2. The van der Waals surface area contributed by atoms with Crippen LogP contribution in [0, 0.1) is 3.57 Å². The Balaban J connectivity index is 0.000000187. The number of aromatic nitrogens is 12. The molecule has 4 aromatic carbocycles. The van der Waals surface area contributed by atoms with E-state index < -0.39 is 47.8 Å². The molecule has 0 saturated heterocycles. The molecule has 1 fully saturated rings. The number of rotatable bonds is 32. The molecule has 1 aliphatic carbocycles. The summed E-state index contributed by atoms with van der Waals surface area (Å²) in [6, 6.07) is 31.1. The van der Waals surface area contributed by atoms with Gasteiger partial charge in [0.25, 0.3) is 5.91 Å². The smallest absolute Gasteiger partial charge is 0.343 e. The fraction of sp³-hybridized carbons (Fsp3) is 0.345. The topological polar surface area (TPSA) is 400 Å². The Hall–Kier alpha value is -9.04. The largest absolute Gasteiger partial charge is 0.477 e. The number of thiazole rings is 4. The summed E-state index contributed by atoms with van der Waals surface area (Å²) in [6.45, 7) is 16.7. The molecule has 38 heteroatoms. The summed E-state index contributed by atoms with van der Waals surface area (Å²) in [5, 5.41) is 32.8. The number of thioether (sulfide) groups is 4. The predicted octanol–water partition coefficient (Wildman–Crippen LogP) is 21.9. The third kappa shape index (κ3) is 33.3. The van der Waals surface area contributed by atoms with Crippen LogP contribution in [0.15, 0.2) is 187 Å². The molecule has 0 spiro atoms. The van der Waals surface area contributed by atoms with Gasteiger partial charge in [0.15, 0.2) is 20.6 Å². The number of alkyl carbamates (subject to hydrolysis) is 1. The Morgan fingerprint density at radius 1 is 0.512 bits per heavy atom. The third-order valence-electron chi connectivity index (χ3n) is 18.4. The molecule has 0 aliphatic heterocycles. The van der Waals surface area contributed by atoms with E-state index in [0.717, 1.165) is 85.8 Å². The van der Waals surface area contributed by atoms with Crippen molar-refractivity contribution in [3.63, 3.8) is 0 Å². The van der Waals surface area contributed by atoms with Crippen LogP contribution in [-0.2, 0) is 14.2 Å². The molecule has 8 heterocycles. The number of carbonyl (C=O) groups is 5. The van der Waals surface area contributed by atoms with Gasteiger partial charge in [-0.3, -0.25) is 4.79 Å². The van der Waals surface area contributed by atoms with Gasteiger partial charge in [0, 0.05) is 96.0 Å². The van der Waals surface area contributed by atoms with E-state index in [4.69, 9.17) is 25.7 Å². The Morgan fingerprint density at radius 2 is 0.888 bits per heavy atom. The zero-order valence-electron chi connectivity index (χ0n) is 71.8. The van der Waals surface area contributed by atoms with Gasteiger partial charge in [-0.2, -0.15) is 0 Å². The molecule has 2 atom stereocenters. The Morgan fingerprint density at radius 3 is 1.22 bits per heavy atom. The van der Waals surface area contributed by atoms with Gasteiger partial charge in [-0.05, 0) is 150 Å². The van der Waals surface area contributed by atoms with Gasteiger partial charge in [-0.15, -0.1) is 34.0 Å². The Labute approximate surface area is 781 Å². The van der Waals surface area contributed by atoms with Gasteiger partial charge in [0.1, 0.15) is 51.1 Å². The molecule has 0 bridgehead atoms. The Bertz CT molecular complexity index is 5180. The van der Waals surface area contributed by atoms with Crippen molar-refractivity contribution in [1.29, 1.82) is 0 Å². The minimum Gasteiger partial charge on any atom is -0.477 e. The number of hydrogen-bond donors (Lipinski definition) is 8. The second-order valence-corrected chi connectivity index (χ2v) is 50.2. The monoisotopic (exact) mass is 2060 g/mol. The van der Waals surface area contributed by atoms with Gasteiger partial charge < -0.3 is 57.4 Å². The SMILES string of the molecule is CC(C)(C)OC(=O)N[C@H]1CCCC[C@H]1N.CCC[CH2][Sn]([CH2]CCC)([CH2]CCC)[c]1cncs1.CCOC(=O)c1cnc(SC)nc1Nc1cccc(-c2cscn2)c1.CCOC(=O)c1cnc(SC)nc1Nc1cccc(I)c1.CSc1ncc(C(=O)O)c(Nc2cccc(-c3cscn3)c2)n1.CSc1ncc(C(N)=O)c(Nc2cccc(-c3cscn3)c2)n1. The number of esters is 2. The van der Waals surface area contributed by atoms with E-state index in [0.29, 0.717) is 62.4 Å². The maximum Gasteiger partial charge on any atom is 0.343 e. The van der Waals surface area contributed by atoms with Crippen LogP contribution in [-0.4, -0.2) is 169 Å². The fourth-order valence-corrected chi connectivity index (χ4v) is 35.2. The van der Waals surface area contributed by atoms with E-state index in [1.165, 1.54) is 133 Å². The maximum atomic E-state index is 12.2. The van der Waals surface area contributed by atoms with Crippen LogP contribution in [0.1, 0.15) is 161 Å². The van der Waals surface area contributed by atoms with E-state index in [2.05, 4.69) is 141 Å². The van der Waals surface area contributed by atoms with Crippen molar-refractivity contribution in [2.45, 2.75) is 171 Å². The number of ether oxygens (including phenoxy) is 3. The summed E-state index contributed by atoms with van der Waals surface area (Å²) in [6.07, 6.45) is 27.7. The number of nitrogens with one attached hydrogen (secondary N) is 5. The van der Waals surface area contributed by atoms with Crippen LogP contribution in [0.25, 0.3) is 33.8 Å². The van der Waals surface area contributed by atoms with Crippen LogP contribution >= 0.6 is 115 Å². The molecule has 125 heavy (non-hydrogen) atoms. The number of carboxylic acids is 1.